The molecular weight excluding hydrogens is 402 g/mol. The van der Waals surface area contributed by atoms with Gasteiger partial charge in [-0.15, -0.1) is 22.7 Å². The topological polar surface area (TPSA) is 56.9 Å². The first-order valence-corrected chi connectivity index (χ1v) is 11.2. The first kappa shape index (κ1) is 19.8. The van der Waals surface area contributed by atoms with Gasteiger partial charge >= 0.3 is 0 Å². The minimum Gasteiger partial charge on any atom is -0.348 e. The van der Waals surface area contributed by atoms with Gasteiger partial charge in [0.2, 0.25) is 0 Å². The van der Waals surface area contributed by atoms with E-state index in [2.05, 4.69) is 27.1 Å². The van der Waals surface area contributed by atoms with Gasteiger partial charge in [-0.25, -0.2) is 4.98 Å². The second kappa shape index (κ2) is 7.72. The molecule has 0 saturated heterocycles. The van der Waals surface area contributed by atoms with Gasteiger partial charge in [-0.2, -0.15) is 0 Å². The fourth-order valence-corrected chi connectivity index (χ4v) is 5.41. The normalized spacial score (nSPS) is 11.4. The number of hydrogen-bond acceptors (Lipinski definition) is 5. The van der Waals surface area contributed by atoms with Crippen LogP contribution in [0.4, 0.5) is 0 Å². The molecule has 0 fully saturated rings. The fraction of sp³-hybridized carbons (Fsp3) is 0.318. The number of ketones is 1. The molecule has 0 saturated carbocycles. The molecule has 0 atom stereocenters. The standard InChI is InChI=1S/C22H23N3O2S2/c1-13-10-18(15(3)25(13)8-7-17-6-5-9-28-17)19(26)11-24-12-23-21-20(22(24)27)14(2)16(4)29-21/h5-6,9-10,12H,7-8,11H2,1-4H3. The number of thiophene rings is 2. The molecule has 29 heavy (non-hydrogen) atoms. The van der Waals surface area contributed by atoms with Crippen LogP contribution in [-0.4, -0.2) is 19.9 Å². The summed E-state index contributed by atoms with van der Waals surface area (Å²) < 4.78 is 3.62. The van der Waals surface area contributed by atoms with E-state index in [1.54, 1.807) is 11.3 Å². The predicted molar refractivity (Wildman–Crippen MR) is 120 cm³/mol. The molecule has 0 spiro atoms. The third kappa shape index (κ3) is 3.60. The molecule has 4 aromatic heterocycles. The molecule has 0 amide bonds. The number of carbonyl (C=O) groups excluding carboxylic acids is 1. The molecule has 0 unspecified atom stereocenters. The number of rotatable bonds is 6. The summed E-state index contributed by atoms with van der Waals surface area (Å²) in [6.45, 7) is 8.77. The van der Waals surface area contributed by atoms with Crippen LogP contribution < -0.4 is 5.56 Å². The lowest BCUT2D eigenvalue weighted by Crippen LogP contribution is -2.25. The maximum Gasteiger partial charge on any atom is 0.262 e. The van der Waals surface area contributed by atoms with Crippen molar-refractivity contribution in [2.24, 2.45) is 0 Å². The van der Waals surface area contributed by atoms with Crippen molar-refractivity contribution in [1.82, 2.24) is 14.1 Å². The zero-order valence-corrected chi connectivity index (χ0v) is 18.6. The van der Waals surface area contributed by atoms with Crippen LogP contribution in [0.2, 0.25) is 0 Å². The summed E-state index contributed by atoms with van der Waals surface area (Å²) in [5.41, 5.74) is 3.51. The minimum atomic E-state index is -0.142. The Labute approximate surface area is 177 Å². The van der Waals surface area contributed by atoms with Crippen LogP contribution >= 0.6 is 22.7 Å². The lowest BCUT2D eigenvalue weighted by molar-refractivity contribution is 0.0970. The molecule has 0 N–H and O–H groups in total. The van der Waals surface area contributed by atoms with Crippen molar-refractivity contribution < 1.29 is 4.79 Å². The van der Waals surface area contributed by atoms with Gasteiger partial charge in [0.25, 0.3) is 5.56 Å². The number of hydrogen-bond donors (Lipinski definition) is 0. The SMILES string of the molecule is Cc1sc2ncn(CC(=O)c3cc(C)n(CCc4cccs4)c3C)c(=O)c2c1C. The number of Topliss-reactive ketones (excluding diaryl/α,β-unsaturated/α-hetero) is 1. The second-order valence-corrected chi connectivity index (χ2v) is 9.57. The molecule has 4 heterocycles. The lowest BCUT2D eigenvalue weighted by Gasteiger charge is -2.09. The number of fused-ring (bicyclic) bond motifs is 1. The molecule has 0 aromatic carbocycles. The Bertz CT molecular complexity index is 1260. The molecular formula is C22H23N3O2S2. The van der Waals surface area contributed by atoms with Crippen molar-refractivity contribution in [2.45, 2.75) is 47.2 Å². The van der Waals surface area contributed by atoms with Crippen molar-refractivity contribution >= 4 is 38.7 Å². The highest BCUT2D eigenvalue weighted by Gasteiger charge is 2.18. The summed E-state index contributed by atoms with van der Waals surface area (Å²) in [6.07, 6.45) is 2.44. The van der Waals surface area contributed by atoms with Crippen molar-refractivity contribution in [3.8, 4) is 0 Å². The number of carbonyl (C=O) groups is 1. The van der Waals surface area contributed by atoms with Crippen LogP contribution in [0, 0.1) is 27.7 Å². The van der Waals surface area contributed by atoms with E-state index in [-0.39, 0.29) is 17.9 Å². The Hall–Kier alpha value is -2.51. The molecule has 0 radical (unpaired) electrons. The van der Waals surface area contributed by atoms with Gasteiger partial charge in [-0.1, -0.05) is 6.07 Å². The van der Waals surface area contributed by atoms with Crippen LogP contribution in [0.5, 0.6) is 0 Å². The van der Waals surface area contributed by atoms with Crippen LogP contribution in [-0.2, 0) is 19.5 Å². The van der Waals surface area contributed by atoms with Crippen molar-refractivity contribution in [2.75, 3.05) is 0 Å². The van der Waals surface area contributed by atoms with Crippen LogP contribution in [0.15, 0.2) is 34.7 Å². The number of aromatic nitrogens is 3. The Balaban J connectivity index is 1.60. The van der Waals surface area contributed by atoms with Crippen LogP contribution in [0.25, 0.3) is 10.2 Å². The Morgan fingerprint density at radius 2 is 2.00 bits per heavy atom. The minimum absolute atomic E-state index is 0.00528. The van der Waals surface area contributed by atoms with Crippen molar-refractivity contribution in [3.63, 3.8) is 0 Å². The van der Waals surface area contributed by atoms with Gasteiger partial charge < -0.3 is 4.57 Å². The number of aryl methyl sites for hydroxylation is 4. The smallest absolute Gasteiger partial charge is 0.262 e. The summed E-state index contributed by atoms with van der Waals surface area (Å²) in [5.74, 6) is -0.0617. The van der Waals surface area contributed by atoms with Crippen molar-refractivity contribution in [1.29, 1.82) is 0 Å². The zero-order valence-electron chi connectivity index (χ0n) is 17.0. The molecule has 5 nitrogen and oxygen atoms in total. The highest BCUT2D eigenvalue weighted by Crippen LogP contribution is 2.25. The summed E-state index contributed by atoms with van der Waals surface area (Å²) >= 11 is 3.27. The molecule has 0 aliphatic carbocycles. The van der Waals surface area contributed by atoms with E-state index in [1.165, 1.54) is 27.1 Å². The molecule has 0 aliphatic rings. The maximum absolute atomic E-state index is 13.0. The first-order chi connectivity index (χ1) is 13.9. The van der Waals surface area contributed by atoms with Crippen molar-refractivity contribution in [3.05, 3.63) is 72.5 Å². The molecule has 0 aliphatic heterocycles. The maximum atomic E-state index is 13.0. The highest BCUT2D eigenvalue weighted by atomic mass is 32.1. The van der Waals surface area contributed by atoms with E-state index >= 15 is 0 Å². The molecule has 7 heteroatoms. The molecule has 4 rings (SSSR count). The van der Waals surface area contributed by atoms with Crippen LogP contribution in [0.3, 0.4) is 0 Å². The Kier molecular flexibility index (Phi) is 5.27. The largest absolute Gasteiger partial charge is 0.348 e. The zero-order chi connectivity index (χ0) is 20.7. The van der Waals surface area contributed by atoms with E-state index in [9.17, 15) is 9.59 Å². The summed E-state index contributed by atoms with van der Waals surface area (Å²) in [5, 5.41) is 2.71. The highest BCUT2D eigenvalue weighted by molar-refractivity contribution is 7.18. The third-order valence-corrected chi connectivity index (χ3v) is 7.56. The predicted octanol–water partition coefficient (Wildman–Crippen LogP) is 4.68. The third-order valence-electron chi connectivity index (χ3n) is 5.51. The summed E-state index contributed by atoms with van der Waals surface area (Å²) in [7, 11) is 0. The van der Waals surface area contributed by atoms with E-state index in [1.807, 2.05) is 33.8 Å². The summed E-state index contributed by atoms with van der Waals surface area (Å²) in [6, 6.07) is 6.13. The van der Waals surface area contributed by atoms with Gasteiger partial charge in [0.05, 0.1) is 18.3 Å². The first-order valence-electron chi connectivity index (χ1n) is 9.54. The number of nitrogens with zero attached hydrogens (tertiary/aromatic N) is 3. The van der Waals surface area contributed by atoms with Gasteiger partial charge in [-0.05, 0) is 57.2 Å². The lowest BCUT2D eigenvalue weighted by atomic mass is 10.1. The molecule has 0 bridgehead atoms. The fourth-order valence-electron chi connectivity index (χ4n) is 3.73. The average molecular weight is 426 g/mol. The molecule has 150 valence electrons. The van der Waals surface area contributed by atoms with Crippen LogP contribution in [0.1, 0.15) is 37.1 Å². The Morgan fingerprint density at radius 3 is 2.72 bits per heavy atom. The van der Waals surface area contributed by atoms with E-state index < -0.39 is 0 Å². The Morgan fingerprint density at radius 1 is 1.21 bits per heavy atom. The molecule has 4 aromatic rings. The monoisotopic (exact) mass is 425 g/mol. The van der Waals surface area contributed by atoms with Gasteiger partial charge in [0, 0.05) is 33.3 Å². The van der Waals surface area contributed by atoms with Gasteiger partial charge in [-0.3, -0.25) is 14.2 Å². The summed E-state index contributed by atoms with van der Waals surface area (Å²) in [4.78, 5) is 33.5. The average Bonchev–Trinajstić information content (AvgIpc) is 3.37. The van der Waals surface area contributed by atoms with E-state index in [0.717, 1.165) is 39.6 Å². The van der Waals surface area contributed by atoms with E-state index in [4.69, 9.17) is 0 Å². The van der Waals surface area contributed by atoms with Gasteiger partial charge in [0.1, 0.15) is 4.83 Å². The van der Waals surface area contributed by atoms with E-state index in [0.29, 0.717) is 10.9 Å². The second-order valence-electron chi connectivity index (χ2n) is 7.33. The quantitative estimate of drug-likeness (QED) is 0.422. The van der Waals surface area contributed by atoms with Gasteiger partial charge in [0.15, 0.2) is 5.78 Å².